The summed E-state index contributed by atoms with van der Waals surface area (Å²) < 4.78 is 25.7. The van der Waals surface area contributed by atoms with Crippen molar-refractivity contribution in [1.82, 2.24) is 10.3 Å². The topological polar surface area (TPSA) is 43.4 Å². The molecule has 1 heterocycles. The predicted molar refractivity (Wildman–Crippen MR) is 111 cm³/mol. The van der Waals surface area contributed by atoms with Gasteiger partial charge in [0.15, 0.2) is 11.5 Å². The zero-order chi connectivity index (χ0) is 19.9. The van der Waals surface area contributed by atoms with E-state index in [0.717, 1.165) is 15.6 Å². The van der Waals surface area contributed by atoms with E-state index in [9.17, 15) is 4.39 Å². The van der Waals surface area contributed by atoms with E-state index in [4.69, 9.17) is 21.1 Å². The van der Waals surface area contributed by atoms with Crippen molar-refractivity contribution in [2.75, 3.05) is 7.11 Å². The van der Waals surface area contributed by atoms with Gasteiger partial charge in [-0.05, 0) is 42.0 Å². The number of ether oxygens (including phenoxy) is 2. The van der Waals surface area contributed by atoms with E-state index < -0.39 is 0 Å². The molecule has 7 heteroatoms. The van der Waals surface area contributed by atoms with E-state index in [1.165, 1.54) is 12.1 Å². The largest absolute Gasteiger partial charge is 0.493 e. The van der Waals surface area contributed by atoms with Gasteiger partial charge in [0.1, 0.15) is 12.4 Å². The van der Waals surface area contributed by atoms with Crippen LogP contribution in [0, 0.1) is 5.82 Å². The number of halogens is 3. The van der Waals surface area contributed by atoms with Gasteiger partial charge in [-0.25, -0.2) is 4.39 Å². The first-order valence-corrected chi connectivity index (χ1v) is 9.77. The summed E-state index contributed by atoms with van der Waals surface area (Å²) in [5.41, 5.74) is 2.75. The molecular formula is C21H19BrClFN2O2. The van der Waals surface area contributed by atoms with Crippen LogP contribution in [0.5, 0.6) is 11.5 Å². The molecule has 3 aromatic rings. The second-order valence-electron chi connectivity index (χ2n) is 6.04. The van der Waals surface area contributed by atoms with Gasteiger partial charge in [0.2, 0.25) is 0 Å². The van der Waals surface area contributed by atoms with Crippen LogP contribution in [0.1, 0.15) is 16.7 Å². The molecule has 0 saturated heterocycles. The van der Waals surface area contributed by atoms with Gasteiger partial charge in [-0.15, -0.1) is 0 Å². The SMILES string of the molecule is COc1ccc(Br)c(CNCc2ccncc2)c1OCc1ccc(F)cc1Cl. The van der Waals surface area contributed by atoms with Crippen LogP contribution >= 0.6 is 27.5 Å². The lowest BCUT2D eigenvalue weighted by molar-refractivity contribution is 0.280. The molecule has 0 unspecified atom stereocenters. The van der Waals surface area contributed by atoms with E-state index in [2.05, 4.69) is 26.2 Å². The monoisotopic (exact) mass is 464 g/mol. The lowest BCUT2D eigenvalue weighted by Crippen LogP contribution is -2.14. The number of rotatable bonds is 8. The van der Waals surface area contributed by atoms with Gasteiger partial charge in [-0.2, -0.15) is 0 Å². The van der Waals surface area contributed by atoms with Gasteiger partial charge in [-0.1, -0.05) is 33.6 Å². The van der Waals surface area contributed by atoms with Gasteiger partial charge in [-0.3, -0.25) is 4.98 Å². The van der Waals surface area contributed by atoms with E-state index in [-0.39, 0.29) is 12.4 Å². The Kier molecular flexibility index (Phi) is 7.25. The Morgan fingerprint density at radius 2 is 1.89 bits per heavy atom. The summed E-state index contributed by atoms with van der Waals surface area (Å²) >= 11 is 9.70. The summed E-state index contributed by atoms with van der Waals surface area (Å²) in [6.07, 6.45) is 3.53. The number of methoxy groups -OCH3 is 1. The van der Waals surface area contributed by atoms with E-state index >= 15 is 0 Å². The minimum atomic E-state index is -0.380. The average Bonchev–Trinajstić information content (AvgIpc) is 2.70. The number of hydrogen-bond donors (Lipinski definition) is 1. The molecule has 0 fully saturated rings. The second-order valence-corrected chi connectivity index (χ2v) is 7.30. The van der Waals surface area contributed by atoms with E-state index in [1.54, 1.807) is 25.6 Å². The van der Waals surface area contributed by atoms with Crippen molar-refractivity contribution in [1.29, 1.82) is 0 Å². The minimum absolute atomic E-state index is 0.198. The van der Waals surface area contributed by atoms with Crippen LogP contribution in [-0.2, 0) is 19.7 Å². The fraction of sp³-hybridized carbons (Fsp3) is 0.190. The lowest BCUT2D eigenvalue weighted by Gasteiger charge is -2.17. The van der Waals surface area contributed by atoms with Crippen LogP contribution < -0.4 is 14.8 Å². The van der Waals surface area contributed by atoms with Gasteiger partial charge >= 0.3 is 0 Å². The Hall–Kier alpha value is -2.15. The zero-order valence-electron chi connectivity index (χ0n) is 15.2. The molecule has 1 aromatic heterocycles. The molecule has 0 amide bonds. The van der Waals surface area contributed by atoms with Crippen molar-refractivity contribution in [3.63, 3.8) is 0 Å². The highest BCUT2D eigenvalue weighted by Crippen LogP contribution is 2.37. The third-order valence-corrected chi connectivity index (χ3v) is 5.25. The summed E-state index contributed by atoms with van der Waals surface area (Å²) in [5, 5.41) is 3.72. The van der Waals surface area contributed by atoms with Crippen molar-refractivity contribution in [2.45, 2.75) is 19.7 Å². The van der Waals surface area contributed by atoms with Crippen LogP contribution in [0.4, 0.5) is 4.39 Å². The molecule has 4 nitrogen and oxygen atoms in total. The Balaban J connectivity index is 1.77. The Bertz CT molecular complexity index is 941. The maximum Gasteiger partial charge on any atom is 0.167 e. The van der Waals surface area contributed by atoms with Crippen molar-refractivity contribution in [2.24, 2.45) is 0 Å². The molecule has 146 valence electrons. The molecule has 0 bridgehead atoms. The first kappa shape index (κ1) is 20.6. The Morgan fingerprint density at radius 1 is 1.11 bits per heavy atom. The molecule has 2 aromatic carbocycles. The zero-order valence-corrected chi connectivity index (χ0v) is 17.6. The molecule has 1 N–H and O–H groups in total. The smallest absolute Gasteiger partial charge is 0.167 e. The van der Waals surface area contributed by atoms with E-state index in [1.807, 2.05) is 24.3 Å². The normalized spacial score (nSPS) is 10.7. The Labute approximate surface area is 176 Å². The highest BCUT2D eigenvalue weighted by molar-refractivity contribution is 9.10. The van der Waals surface area contributed by atoms with Crippen molar-refractivity contribution >= 4 is 27.5 Å². The van der Waals surface area contributed by atoms with Crippen molar-refractivity contribution in [3.05, 3.63) is 86.9 Å². The minimum Gasteiger partial charge on any atom is -0.493 e. The number of pyridine rings is 1. The molecule has 0 aliphatic heterocycles. The highest BCUT2D eigenvalue weighted by atomic mass is 79.9. The molecule has 0 radical (unpaired) electrons. The summed E-state index contributed by atoms with van der Waals surface area (Å²) in [6, 6.07) is 11.9. The first-order chi connectivity index (χ1) is 13.6. The molecule has 0 spiro atoms. The van der Waals surface area contributed by atoms with Gasteiger partial charge < -0.3 is 14.8 Å². The molecule has 0 aliphatic carbocycles. The number of hydrogen-bond acceptors (Lipinski definition) is 4. The fourth-order valence-corrected chi connectivity index (χ4v) is 3.36. The third-order valence-electron chi connectivity index (χ3n) is 4.15. The van der Waals surface area contributed by atoms with Crippen LogP contribution in [-0.4, -0.2) is 12.1 Å². The average molecular weight is 466 g/mol. The standard InChI is InChI=1S/C21H19BrClFN2O2/c1-27-20-5-4-18(22)17(12-26-11-14-6-8-25-9-7-14)21(20)28-13-15-2-3-16(24)10-19(15)23/h2-10,26H,11-13H2,1H3. The summed E-state index contributed by atoms with van der Waals surface area (Å²) in [5.74, 6) is 0.844. The fourth-order valence-electron chi connectivity index (χ4n) is 2.69. The van der Waals surface area contributed by atoms with Crippen LogP contribution in [0.2, 0.25) is 5.02 Å². The molecule has 3 rings (SSSR count). The molecule has 0 saturated carbocycles. The maximum atomic E-state index is 13.3. The van der Waals surface area contributed by atoms with Crippen LogP contribution in [0.3, 0.4) is 0 Å². The van der Waals surface area contributed by atoms with Crippen molar-refractivity contribution in [3.8, 4) is 11.5 Å². The predicted octanol–water partition coefficient (Wildman–Crippen LogP) is 5.51. The second kappa shape index (κ2) is 9.87. The summed E-state index contributed by atoms with van der Waals surface area (Å²) in [4.78, 5) is 4.02. The molecule has 28 heavy (non-hydrogen) atoms. The van der Waals surface area contributed by atoms with E-state index in [0.29, 0.717) is 35.2 Å². The van der Waals surface area contributed by atoms with Crippen LogP contribution in [0.15, 0.2) is 59.3 Å². The Morgan fingerprint density at radius 3 is 2.61 bits per heavy atom. The van der Waals surface area contributed by atoms with Crippen LogP contribution in [0.25, 0.3) is 0 Å². The third kappa shape index (κ3) is 5.22. The number of aromatic nitrogens is 1. The maximum absolute atomic E-state index is 13.3. The first-order valence-electron chi connectivity index (χ1n) is 8.60. The number of nitrogens with one attached hydrogen (secondary N) is 1. The lowest BCUT2D eigenvalue weighted by atomic mass is 10.1. The molecule has 0 atom stereocenters. The number of benzene rings is 2. The summed E-state index contributed by atoms with van der Waals surface area (Å²) in [7, 11) is 1.59. The van der Waals surface area contributed by atoms with Gasteiger partial charge in [0.25, 0.3) is 0 Å². The molecular weight excluding hydrogens is 447 g/mol. The molecule has 0 aliphatic rings. The highest BCUT2D eigenvalue weighted by Gasteiger charge is 2.15. The van der Waals surface area contributed by atoms with Gasteiger partial charge in [0, 0.05) is 41.1 Å². The summed E-state index contributed by atoms with van der Waals surface area (Å²) in [6.45, 7) is 1.45. The quantitative estimate of drug-likeness (QED) is 0.476. The van der Waals surface area contributed by atoms with Gasteiger partial charge in [0.05, 0.1) is 12.1 Å². The van der Waals surface area contributed by atoms with Crippen molar-refractivity contribution < 1.29 is 13.9 Å². The number of nitrogens with zero attached hydrogens (tertiary/aromatic N) is 1.